The topological polar surface area (TPSA) is 50.1 Å². The van der Waals surface area contributed by atoms with Crippen LogP contribution in [0.3, 0.4) is 0 Å². The quantitative estimate of drug-likeness (QED) is 0.789. The highest BCUT2D eigenvalue weighted by Gasteiger charge is 2.42. The molecule has 0 saturated heterocycles. The van der Waals surface area contributed by atoms with Crippen molar-refractivity contribution in [1.82, 2.24) is 14.9 Å². The van der Waals surface area contributed by atoms with E-state index in [-0.39, 0.29) is 18.2 Å². The highest BCUT2D eigenvalue weighted by molar-refractivity contribution is 5.04. The summed E-state index contributed by atoms with van der Waals surface area (Å²) in [6, 6.07) is 0.165. The summed E-state index contributed by atoms with van der Waals surface area (Å²) in [6.45, 7) is 4.38. The number of aliphatic hydroxyl groups excluding tert-OH is 1. The predicted molar refractivity (Wildman–Crippen MR) is 63.0 cm³/mol. The third-order valence-corrected chi connectivity index (χ3v) is 3.60. The Kier molecular flexibility index (Phi) is 3.04. The van der Waals surface area contributed by atoms with Crippen molar-refractivity contribution in [3.05, 3.63) is 18.2 Å². The third-order valence-electron chi connectivity index (χ3n) is 3.60. The van der Waals surface area contributed by atoms with E-state index >= 15 is 0 Å². The van der Waals surface area contributed by atoms with E-state index in [1.165, 1.54) is 12.8 Å². The molecule has 4 heteroatoms. The average molecular weight is 223 g/mol. The molecule has 1 aliphatic carbocycles. The number of rotatable bonds is 5. The van der Waals surface area contributed by atoms with Crippen molar-refractivity contribution in [3.8, 4) is 0 Å². The van der Waals surface area contributed by atoms with Gasteiger partial charge in [-0.1, -0.05) is 0 Å². The van der Waals surface area contributed by atoms with Gasteiger partial charge in [0.25, 0.3) is 0 Å². The van der Waals surface area contributed by atoms with Crippen LogP contribution in [0, 0.1) is 5.92 Å². The van der Waals surface area contributed by atoms with E-state index in [4.69, 9.17) is 0 Å². The molecule has 1 aliphatic rings. The molecule has 0 aromatic carbocycles. The van der Waals surface area contributed by atoms with Crippen LogP contribution in [-0.2, 0) is 7.05 Å². The van der Waals surface area contributed by atoms with Crippen LogP contribution in [0.5, 0.6) is 0 Å². The molecule has 0 radical (unpaired) electrons. The lowest BCUT2D eigenvalue weighted by molar-refractivity contribution is 0.142. The van der Waals surface area contributed by atoms with Crippen LogP contribution in [-0.4, -0.2) is 26.8 Å². The summed E-state index contributed by atoms with van der Waals surface area (Å²) in [4.78, 5) is 4.33. The van der Waals surface area contributed by atoms with Gasteiger partial charge < -0.3 is 9.67 Å². The number of nitrogens with zero attached hydrogens (tertiary/aromatic N) is 2. The summed E-state index contributed by atoms with van der Waals surface area (Å²) in [6.07, 6.45) is 6.19. The van der Waals surface area contributed by atoms with Crippen LogP contribution in [0.2, 0.25) is 0 Å². The number of imidazole rings is 1. The molecule has 2 atom stereocenters. The Morgan fingerprint density at radius 2 is 2.38 bits per heavy atom. The minimum Gasteiger partial charge on any atom is -0.394 e. The summed E-state index contributed by atoms with van der Waals surface area (Å²) < 4.78 is 2.02. The highest BCUT2D eigenvalue weighted by atomic mass is 16.3. The van der Waals surface area contributed by atoms with Gasteiger partial charge in [-0.05, 0) is 32.6 Å². The Hall–Kier alpha value is -0.870. The molecule has 2 rings (SSSR count). The van der Waals surface area contributed by atoms with Crippen molar-refractivity contribution in [2.75, 3.05) is 6.61 Å². The minimum atomic E-state index is -0.161. The first-order chi connectivity index (χ1) is 7.57. The summed E-state index contributed by atoms with van der Waals surface area (Å²) in [5, 5.41) is 13.0. The molecular formula is C12H21N3O. The van der Waals surface area contributed by atoms with Gasteiger partial charge in [0.15, 0.2) is 0 Å². The maximum Gasteiger partial charge on any atom is 0.125 e. The van der Waals surface area contributed by atoms with Crippen molar-refractivity contribution in [3.63, 3.8) is 0 Å². The Morgan fingerprint density at radius 1 is 1.69 bits per heavy atom. The second-order valence-electron chi connectivity index (χ2n) is 5.11. The summed E-state index contributed by atoms with van der Waals surface area (Å²) in [5.41, 5.74) is -0.161. The van der Waals surface area contributed by atoms with E-state index in [9.17, 15) is 5.11 Å². The Balaban J connectivity index is 2.06. The average Bonchev–Trinajstić information content (AvgIpc) is 3.02. The van der Waals surface area contributed by atoms with E-state index in [0.29, 0.717) is 5.92 Å². The fraction of sp³-hybridized carbons (Fsp3) is 0.750. The molecule has 2 unspecified atom stereocenters. The molecule has 2 N–H and O–H groups in total. The second-order valence-corrected chi connectivity index (χ2v) is 5.11. The zero-order chi connectivity index (χ0) is 11.8. The maximum absolute atomic E-state index is 9.52. The molecule has 0 aliphatic heterocycles. The molecule has 90 valence electrons. The molecule has 1 fully saturated rings. The standard InChI is InChI=1S/C12H21N3O/c1-9(11-13-6-7-15(11)3)14-12(2,8-16)10-4-5-10/h6-7,9-10,14,16H,4-5,8H2,1-3H3. The van der Waals surface area contributed by atoms with E-state index in [1.54, 1.807) is 6.20 Å². The Labute approximate surface area is 96.7 Å². The van der Waals surface area contributed by atoms with Crippen LogP contribution >= 0.6 is 0 Å². The number of aryl methyl sites for hydroxylation is 1. The summed E-state index contributed by atoms with van der Waals surface area (Å²) in [7, 11) is 1.99. The van der Waals surface area contributed by atoms with Crippen molar-refractivity contribution < 1.29 is 5.11 Å². The van der Waals surface area contributed by atoms with Gasteiger partial charge in [0.2, 0.25) is 0 Å². The molecule has 1 heterocycles. The monoisotopic (exact) mass is 223 g/mol. The van der Waals surface area contributed by atoms with E-state index in [2.05, 4.69) is 24.1 Å². The van der Waals surface area contributed by atoms with Gasteiger partial charge in [-0.2, -0.15) is 0 Å². The zero-order valence-electron chi connectivity index (χ0n) is 10.3. The van der Waals surface area contributed by atoms with Crippen LogP contribution < -0.4 is 5.32 Å². The molecular weight excluding hydrogens is 202 g/mol. The van der Waals surface area contributed by atoms with Gasteiger partial charge in [-0.3, -0.25) is 5.32 Å². The van der Waals surface area contributed by atoms with Gasteiger partial charge in [0.05, 0.1) is 12.6 Å². The summed E-state index contributed by atoms with van der Waals surface area (Å²) in [5.74, 6) is 1.63. The smallest absolute Gasteiger partial charge is 0.125 e. The maximum atomic E-state index is 9.52. The highest BCUT2D eigenvalue weighted by Crippen LogP contribution is 2.40. The van der Waals surface area contributed by atoms with Crippen molar-refractivity contribution >= 4 is 0 Å². The van der Waals surface area contributed by atoms with Gasteiger partial charge in [-0.15, -0.1) is 0 Å². The zero-order valence-corrected chi connectivity index (χ0v) is 10.3. The molecule has 4 nitrogen and oxygen atoms in total. The van der Waals surface area contributed by atoms with Gasteiger partial charge in [0, 0.05) is 25.0 Å². The van der Waals surface area contributed by atoms with E-state index in [1.807, 2.05) is 17.8 Å². The van der Waals surface area contributed by atoms with Crippen LogP contribution in [0.15, 0.2) is 12.4 Å². The Bertz CT molecular complexity index is 359. The third kappa shape index (κ3) is 2.13. The first-order valence-corrected chi connectivity index (χ1v) is 5.92. The molecule has 1 aromatic heterocycles. The number of nitrogens with one attached hydrogen (secondary N) is 1. The fourth-order valence-electron chi connectivity index (χ4n) is 2.37. The molecule has 0 amide bonds. The van der Waals surface area contributed by atoms with E-state index in [0.717, 1.165) is 5.82 Å². The Morgan fingerprint density at radius 3 is 2.81 bits per heavy atom. The predicted octanol–water partition coefficient (Wildman–Crippen LogP) is 1.23. The van der Waals surface area contributed by atoms with Crippen LogP contribution in [0.4, 0.5) is 0 Å². The molecule has 0 spiro atoms. The molecule has 0 bridgehead atoms. The van der Waals surface area contributed by atoms with Crippen molar-refractivity contribution in [2.24, 2.45) is 13.0 Å². The lowest BCUT2D eigenvalue weighted by atomic mass is 9.95. The van der Waals surface area contributed by atoms with Crippen LogP contribution in [0.25, 0.3) is 0 Å². The molecule has 1 saturated carbocycles. The van der Waals surface area contributed by atoms with Crippen molar-refractivity contribution in [2.45, 2.75) is 38.3 Å². The number of aliphatic hydroxyl groups is 1. The SMILES string of the molecule is CC(NC(C)(CO)C1CC1)c1nccn1C. The normalized spacial score (nSPS) is 21.8. The second kappa shape index (κ2) is 4.18. The summed E-state index contributed by atoms with van der Waals surface area (Å²) >= 11 is 0. The molecule has 16 heavy (non-hydrogen) atoms. The van der Waals surface area contributed by atoms with Gasteiger partial charge >= 0.3 is 0 Å². The number of aromatic nitrogens is 2. The minimum absolute atomic E-state index is 0.161. The van der Waals surface area contributed by atoms with Gasteiger partial charge in [-0.25, -0.2) is 4.98 Å². The van der Waals surface area contributed by atoms with Crippen molar-refractivity contribution in [1.29, 1.82) is 0 Å². The molecule has 1 aromatic rings. The number of hydrogen-bond donors (Lipinski definition) is 2. The largest absolute Gasteiger partial charge is 0.394 e. The lowest BCUT2D eigenvalue weighted by Gasteiger charge is -2.32. The van der Waals surface area contributed by atoms with Gasteiger partial charge in [0.1, 0.15) is 5.82 Å². The number of hydrogen-bond acceptors (Lipinski definition) is 3. The lowest BCUT2D eigenvalue weighted by Crippen LogP contribution is -2.49. The first-order valence-electron chi connectivity index (χ1n) is 5.92. The fourth-order valence-corrected chi connectivity index (χ4v) is 2.37. The van der Waals surface area contributed by atoms with E-state index < -0.39 is 0 Å². The first kappa shape index (κ1) is 11.6. The van der Waals surface area contributed by atoms with Crippen LogP contribution in [0.1, 0.15) is 38.6 Å².